The first-order valence-corrected chi connectivity index (χ1v) is 14.1. The third-order valence-electron chi connectivity index (χ3n) is 6.40. The van der Waals surface area contributed by atoms with Crippen LogP contribution in [0.15, 0.2) is 0 Å². The highest BCUT2D eigenvalue weighted by atomic mass is 16.4. The van der Waals surface area contributed by atoms with Crippen LogP contribution in [0, 0.1) is 0 Å². The first-order chi connectivity index (χ1) is 15.7. The topological polar surface area (TPSA) is 66.4 Å². The number of rotatable bonds is 26. The Hall–Kier alpha value is -1.06. The molecule has 0 atom stereocenters. The third kappa shape index (κ3) is 27.0. The summed E-state index contributed by atoms with van der Waals surface area (Å²) in [6.45, 7) is 3.12. The minimum atomic E-state index is -0.687. The molecule has 0 saturated carbocycles. The minimum Gasteiger partial charge on any atom is -0.481 e. The van der Waals surface area contributed by atoms with Gasteiger partial charge in [0.2, 0.25) is 5.91 Å². The van der Waals surface area contributed by atoms with Crippen LogP contribution in [0.4, 0.5) is 0 Å². The van der Waals surface area contributed by atoms with Gasteiger partial charge in [0.05, 0.1) is 0 Å². The maximum atomic E-state index is 11.9. The summed E-state index contributed by atoms with van der Waals surface area (Å²) in [7, 11) is 0. The molecule has 4 heteroatoms. The van der Waals surface area contributed by atoms with Crippen LogP contribution in [-0.2, 0) is 9.59 Å². The molecule has 0 saturated heterocycles. The summed E-state index contributed by atoms with van der Waals surface area (Å²) >= 11 is 0. The van der Waals surface area contributed by atoms with Gasteiger partial charge in [-0.2, -0.15) is 0 Å². The van der Waals surface area contributed by atoms with Crippen LogP contribution in [0.3, 0.4) is 0 Å². The highest BCUT2D eigenvalue weighted by Gasteiger charge is 2.01. The van der Waals surface area contributed by atoms with Gasteiger partial charge in [0, 0.05) is 19.4 Å². The normalized spacial score (nSPS) is 11.0. The van der Waals surface area contributed by atoms with E-state index in [-0.39, 0.29) is 5.91 Å². The number of carboxylic acids is 1. The van der Waals surface area contributed by atoms with Crippen molar-refractivity contribution < 1.29 is 14.7 Å². The van der Waals surface area contributed by atoms with Crippen molar-refractivity contribution in [3.63, 3.8) is 0 Å². The van der Waals surface area contributed by atoms with E-state index >= 15 is 0 Å². The number of carboxylic acid groups (broad SMARTS) is 1. The van der Waals surface area contributed by atoms with Crippen LogP contribution in [0.2, 0.25) is 0 Å². The van der Waals surface area contributed by atoms with Gasteiger partial charge in [0.1, 0.15) is 0 Å². The van der Waals surface area contributed by atoms with Crippen LogP contribution in [0.1, 0.15) is 161 Å². The molecule has 0 aromatic heterocycles. The summed E-state index contributed by atoms with van der Waals surface area (Å²) in [5, 5.41) is 11.7. The molecular formula is C28H55NO3. The Labute approximate surface area is 199 Å². The molecule has 0 fully saturated rings. The van der Waals surface area contributed by atoms with E-state index < -0.39 is 5.97 Å². The van der Waals surface area contributed by atoms with Crippen molar-refractivity contribution >= 4 is 11.9 Å². The molecule has 0 rings (SSSR count). The summed E-state index contributed by atoms with van der Waals surface area (Å²) in [5.41, 5.74) is 0. The summed E-state index contributed by atoms with van der Waals surface area (Å²) in [6.07, 6.45) is 28.7. The number of aliphatic carboxylic acids is 1. The number of nitrogens with one attached hydrogen (secondary N) is 1. The average Bonchev–Trinajstić information content (AvgIpc) is 2.77. The summed E-state index contributed by atoms with van der Waals surface area (Å²) in [6, 6.07) is 0. The van der Waals surface area contributed by atoms with E-state index in [0.717, 1.165) is 45.1 Å². The van der Waals surface area contributed by atoms with Crippen LogP contribution < -0.4 is 5.32 Å². The molecule has 0 aliphatic rings. The smallest absolute Gasteiger partial charge is 0.303 e. The molecule has 32 heavy (non-hydrogen) atoms. The fourth-order valence-corrected chi connectivity index (χ4v) is 4.26. The Morgan fingerprint density at radius 1 is 0.500 bits per heavy atom. The number of hydrogen-bond acceptors (Lipinski definition) is 2. The number of carbonyl (C=O) groups excluding carboxylic acids is 1. The van der Waals surface area contributed by atoms with E-state index in [1.165, 1.54) is 103 Å². The van der Waals surface area contributed by atoms with Crippen LogP contribution in [0.5, 0.6) is 0 Å². The van der Waals surface area contributed by atoms with Gasteiger partial charge < -0.3 is 10.4 Å². The maximum absolute atomic E-state index is 11.9. The Balaban J connectivity index is 3.15. The van der Waals surface area contributed by atoms with Crippen LogP contribution in [-0.4, -0.2) is 23.5 Å². The monoisotopic (exact) mass is 453 g/mol. The lowest BCUT2D eigenvalue weighted by Gasteiger charge is -2.06. The second kappa shape index (κ2) is 26.2. The van der Waals surface area contributed by atoms with Crippen LogP contribution >= 0.6 is 0 Å². The zero-order valence-corrected chi connectivity index (χ0v) is 21.4. The lowest BCUT2D eigenvalue weighted by atomic mass is 10.0. The molecule has 1 amide bonds. The third-order valence-corrected chi connectivity index (χ3v) is 6.40. The van der Waals surface area contributed by atoms with E-state index in [9.17, 15) is 9.59 Å². The van der Waals surface area contributed by atoms with Crippen molar-refractivity contribution in [2.45, 2.75) is 161 Å². The van der Waals surface area contributed by atoms with Crippen molar-refractivity contribution in [2.75, 3.05) is 6.54 Å². The molecule has 0 spiro atoms. The largest absolute Gasteiger partial charge is 0.481 e. The van der Waals surface area contributed by atoms with E-state index in [4.69, 9.17) is 5.11 Å². The van der Waals surface area contributed by atoms with Crippen molar-refractivity contribution in [1.82, 2.24) is 5.32 Å². The van der Waals surface area contributed by atoms with E-state index in [1.807, 2.05) is 0 Å². The molecule has 0 heterocycles. The first-order valence-electron chi connectivity index (χ1n) is 14.1. The second-order valence-electron chi connectivity index (χ2n) is 9.67. The molecule has 0 radical (unpaired) electrons. The van der Waals surface area contributed by atoms with Crippen LogP contribution in [0.25, 0.3) is 0 Å². The number of hydrogen-bond donors (Lipinski definition) is 2. The quantitative estimate of drug-likeness (QED) is 0.129. The minimum absolute atomic E-state index is 0.216. The van der Waals surface area contributed by atoms with Gasteiger partial charge in [-0.25, -0.2) is 0 Å². The van der Waals surface area contributed by atoms with Gasteiger partial charge >= 0.3 is 5.97 Å². The molecule has 0 aliphatic carbocycles. The van der Waals surface area contributed by atoms with Gasteiger partial charge in [0.15, 0.2) is 0 Å². The molecule has 0 aromatic rings. The van der Waals surface area contributed by atoms with Crippen molar-refractivity contribution in [1.29, 1.82) is 0 Å². The lowest BCUT2D eigenvalue weighted by Crippen LogP contribution is -2.23. The number of carbonyl (C=O) groups is 2. The van der Waals surface area contributed by atoms with Gasteiger partial charge in [0.25, 0.3) is 0 Å². The predicted octanol–water partition coefficient (Wildman–Crippen LogP) is 8.57. The predicted molar refractivity (Wildman–Crippen MR) is 137 cm³/mol. The van der Waals surface area contributed by atoms with Gasteiger partial charge in [-0.05, 0) is 19.3 Å². The zero-order chi connectivity index (χ0) is 23.5. The van der Waals surface area contributed by atoms with Gasteiger partial charge in [-0.1, -0.05) is 129 Å². The lowest BCUT2D eigenvalue weighted by molar-refractivity contribution is -0.137. The van der Waals surface area contributed by atoms with Crippen molar-refractivity contribution in [3.05, 3.63) is 0 Å². The van der Waals surface area contributed by atoms with Gasteiger partial charge in [-0.3, -0.25) is 9.59 Å². The Bertz CT molecular complexity index is 411. The molecule has 0 aliphatic heterocycles. The fourth-order valence-electron chi connectivity index (χ4n) is 4.26. The fraction of sp³-hybridized carbons (Fsp3) is 0.929. The van der Waals surface area contributed by atoms with Crippen molar-refractivity contribution in [2.24, 2.45) is 0 Å². The molecule has 2 N–H and O–H groups in total. The molecule has 0 aromatic carbocycles. The molecule has 0 unspecified atom stereocenters. The number of unbranched alkanes of at least 4 members (excludes halogenated alkanes) is 20. The standard InChI is InChI=1S/C28H55NO3/c1-2-3-4-5-6-7-8-9-10-11-14-17-20-23-26-29-27(30)24-21-18-15-12-13-16-19-22-25-28(31)32/h2-26H2,1H3,(H,29,30)(H,31,32). The van der Waals surface area contributed by atoms with E-state index in [2.05, 4.69) is 12.2 Å². The van der Waals surface area contributed by atoms with E-state index in [0.29, 0.717) is 12.8 Å². The Morgan fingerprint density at radius 3 is 1.25 bits per heavy atom. The Kier molecular flexibility index (Phi) is 25.3. The highest BCUT2D eigenvalue weighted by molar-refractivity contribution is 5.75. The molecule has 0 bridgehead atoms. The summed E-state index contributed by atoms with van der Waals surface area (Å²) in [4.78, 5) is 22.3. The highest BCUT2D eigenvalue weighted by Crippen LogP contribution is 2.13. The van der Waals surface area contributed by atoms with Crippen molar-refractivity contribution in [3.8, 4) is 0 Å². The SMILES string of the molecule is CCCCCCCCCCCCCCCCNC(=O)CCCCCCCCCCC(=O)O. The first kappa shape index (κ1) is 30.9. The summed E-state index contributed by atoms with van der Waals surface area (Å²) in [5.74, 6) is -0.471. The second-order valence-corrected chi connectivity index (χ2v) is 9.67. The summed E-state index contributed by atoms with van der Waals surface area (Å²) < 4.78 is 0. The van der Waals surface area contributed by atoms with Gasteiger partial charge in [-0.15, -0.1) is 0 Å². The molecule has 190 valence electrons. The Morgan fingerprint density at radius 2 is 0.844 bits per heavy atom. The van der Waals surface area contributed by atoms with E-state index in [1.54, 1.807) is 0 Å². The maximum Gasteiger partial charge on any atom is 0.303 e. The average molecular weight is 454 g/mol. The molecular weight excluding hydrogens is 398 g/mol. The molecule has 4 nitrogen and oxygen atoms in total. The zero-order valence-electron chi connectivity index (χ0n) is 21.4. The number of amides is 1.